The second kappa shape index (κ2) is 8.24. The van der Waals surface area contributed by atoms with Crippen LogP contribution in [0.3, 0.4) is 0 Å². The first-order valence-electron chi connectivity index (χ1n) is 5.04. The van der Waals surface area contributed by atoms with Crippen LogP contribution in [0.1, 0.15) is 19.4 Å². The van der Waals surface area contributed by atoms with E-state index in [4.69, 9.17) is 5.11 Å². The predicted octanol–water partition coefficient (Wildman–Crippen LogP) is 2.17. The molecule has 1 aromatic rings. The molecule has 0 aliphatic rings. The summed E-state index contributed by atoms with van der Waals surface area (Å²) in [6, 6.07) is 3.82. The van der Waals surface area contributed by atoms with Crippen LogP contribution in [0.5, 0.6) is 0 Å². The highest BCUT2D eigenvalue weighted by Gasteiger charge is 2.04. The van der Waals surface area contributed by atoms with Crippen LogP contribution in [0.2, 0.25) is 0 Å². The topological polar surface area (TPSA) is 59.4 Å². The van der Waals surface area contributed by atoms with Gasteiger partial charge in [0, 0.05) is 18.0 Å². The first-order chi connectivity index (χ1) is 7.97. The number of aromatic nitrogens is 1. The summed E-state index contributed by atoms with van der Waals surface area (Å²) in [6.45, 7) is 9.81. The van der Waals surface area contributed by atoms with Crippen LogP contribution in [-0.2, 0) is 9.53 Å². The summed E-state index contributed by atoms with van der Waals surface area (Å²) >= 11 is 0. The Labute approximate surface area is 101 Å². The van der Waals surface area contributed by atoms with Gasteiger partial charge < -0.3 is 9.84 Å². The van der Waals surface area contributed by atoms with Gasteiger partial charge in [0.2, 0.25) is 0 Å². The average molecular weight is 235 g/mol. The predicted molar refractivity (Wildman–Crippen MR) is 66.9 cm³/mol. The minimum absolute atomic E-state index is 0.288. The molecule has 0 spiro atoms. The third-order valence-corrected chi connectivity index (χ3v) is 1.57. The normalized spacial score (nSPS) is 10.5. The standard InChI is InChI=1S/C7H7N.C6H10O3/c1-2-7-3-5-8-6-4-7;1-4(2)6(8)9-5(3)7/h2-6H,1H2;5,7H,1H2,2-3H3. The number of carbonyl (C=O) groups excluding carboxylic acids is 1. The van der Waals surface area contributed by atoms with Gasteiger partial charge in [0.25, 0.3) is 0 Å². The number of pyridine rings is 1. The van der Waals surface area contributed by atoms with E-state index in [1.165, 1.54) is 13.8 Å². The summed E-state index contributed by atoms with van der Waals surface area (Å²) in [7, 11) is 0. The van der Waals surface area contributed by atoms with Crippen molar-refractivity contribution in [1.82, 2.24) is 4.98 Å². The summed E-state index contributed by atoms with van der Waals surface area (Å²) in [6.07, 6.45) is 4.24. The van der Waals surface area contributed by atoms with E-state index >= 15 is 0 Å². The molecule has 0 aliphatic heterocycles. The van der Waals surface area contributed by atoms with Crippen LogP contribution in [-0.4, -0.2) is 22.3 Å². The molecule has 0 aromatic carbocycles. The maximum Gasteiger partial charge on any atom is 0.335 e. The lowest BCUT2D eigenvalue weighted by Gasteiger charge is -2.04. The van der Waals surface area contributed by atoms with Gasteiger partial charge in [-0.25, -0.2) is 4.79 Å². The second-order valence-electron chi connectivity index (χ2n) is 3.27. The molecule has 0 saturated carbocycles. The lowest BCUT2D eigenvalue weighted by molar-refractivity contribution is -0.159. The van der Waals surface area contributed by atoms with Crippen molar-refractivity contribution in [2.45, 2.75) is 20.1 Å². The van der Waals surface area contributed by atoms with Crippen molar-refractivity contribution >= 4 is 12.0 Å². The van der Waals surface area contributed by atoms with Crippen LogP contribution < -0.4 is 0 Å². The highest BCUT2D eigenvalue weighted by Crippen LogP contribution is 1.95. The van der Waals surface area contributed by atoms with Gasteiger partial charge in [-0.2, -0.15) is 0 Å². The zero-order valence-electron chi connectivity index (χ0n) is 10.1. The molecule has 0 fully saturated rings. The highest BCUT2D eigenvalue weighted by atomic mass is 16.6. The number of aliphatic hydroxyl groups is 1. The number of esters is 1. The molecule has 1 aromatic heterocycles. The Kier molecular flexibility index (Phi) is 7.30. The van der Waals surface area contributed by atoms with E-state index in [1.54, 1.807) is 18.5 Å². The van der Waals surface area contributed by atoms with Crippen molar-refractivity contribution in [2.24, 2.45) is 0 Å². The fourth-order valence-electron chi connectivity index (χ4n) is 0.755. The summed E-state index contributed by atoms with van der Waals surface area (Å²) in [5, 5.41) is 8.49. The molecule has 0 amide bonds. The maximum atomic E-state index is 10.5. The van der Waals surface area contributed by atoms with Crippen molar-refractivity contribution in [3.8, 4) is 0 Å². The Morgan fingerprint density at radius 1 is 1.53 bits per heavy atom. The number of aliphatic hydroxyl groups excluding tert-OH is 1. The van der Waals surface area contributed by atoms with Crippen LogP contribution in [0.4, 0.5) is 0 Å². The van der Waals surface area contributed by atoms with Crippen molar-refractivity contribution in [1.29, 1.82) is 0 Å². The molecule has 1 atom stereocenters. The number of hydrogen-bond acceptors (Lipinski definition) is 4. The van der Waals surface area contributed by atoms with Gasteiger partial charge in [0.1, 0.15) is 0 Å². The zero-order valence-corrected chi connectivity index (χ0v) is 10.1. The maximum absolute atomic E-state index is 10.5. The quantitative estimate of drug-likeness (QED) is 0.495. The lowest BCUT2D eigenvalue weighted by atomic mass is 10.3. The van der Waals surface area contributed by atoms with Crippen molar-refractivity contribution in [3.63, 3.8) is 0 Å². The third kappa shape index (κ3) is 7.93. The molecule has 0 bridgehead atoms. The van der Waals surface area contributed by atoms with E-state index in [2.05, 4.69) is 22.9 Å². The molecule has 1 heterocycles. The van der Waals surface area contributed by atoms with Crippen LogP contribution in [0, 0.1) is 0 Å². The number of rotatable bonds is 3. The number of nitrogens with zero attached hydrogens (tertiary/aromatic N) is 1. The van der Waals surface area contributed by atoms with Crippen molar-refractivity contribution in [3.05, 3.63) is 48.8 Å². The molecule has 4 heteroatoms. The summed E-state index contributed by atoms with van der Waals surface area (Å²) in [4.78, 5) is 14.3. The van der Waals surface area contributed by atoms with Gasteiger partial charge in [-0.3, -0.25) is 4.98 Å². The SMILES string of the molecule is C=C(C)C(=O)OC(C)O.C=Cc1ccncc1. The molecule has 0 radical (unpaired) electrons. The number of ether oxygens (including phenoxy) is 1. The zero-order chi connectivity index (χ0) is 13.3. The minimum Gasteiger partial charge on any atom is -0.433 e. The van der Waals surface area contributed by atoms with E-state index in [0.717, 1.165) is 5.56 Å². The summed E-state index contributed by atoms with van der Waals surface area (Å²) < 4.78 is 4.33. The first kappa shape index (κ1) is 15.1. The van der Waals surface area contributed by atoms with Crippen molar-refractivity contribution < 1.29 is 14.6 Å². The van der Waals surface area contributed by atoms with E-state index in [-0.39, 0.29) is 5.57 Å². The van der Waals surface area contributed by atoms with Gasteiger partial charge in [-0.1, -0.05) is 19.2 Å². The van der Waals surface area contributed by atoms with E-state index in [1.807, 2.05) is 12.1 Å². The van der Waals surface area contributed by atoms with E-state index in [9.17, 15) is 4.79 Å². The van der Waals surface area contributed by atoms with Crippen molar-refractivity contribution in [2.75, 3.05) is 0 Å². The van der Waals surface area contributed by atoms with E-state index < -0.39 is 12.3 Å². The van der Waals surface area contributed by atoms with Gasteiger partial charge >= 0.3 is 5.97 Å². The van der Waals surface area contributed by atoms with Crippen LogP contribution >= 0.6 is 0 Å². The molecular formula is C13H17NO3. The lowest BCUT2D eigenvalue weighted by Crippen LogP contribution is -2.13. The molecule has 1 rings (SSSR count). The Bertz CT molecular complexity index is 372. The average Bonchev–Trinajstić information content (AvgIpc) is 2.30. The molecule has 1 unspecified atom stereocenters. The minimum atomic E-state index is -1.05. The van der Waals surface area contributed by atoms with Crippen LogP contribution in [0.25, 0.3) is 6.08 Å². The fraction of sp³-hybridized carbons (Fsp3) is 0.231. The molecule has 4 nitrogen and oxygen atoms in total. The molecule has 0 saturated heterocycles. The number of carbonyl (C=O) groups is 1. The molecular weight excluding hydrogens is 218 g/mol. The Balaban J connectivity index is 0.000000302. The third-order valence-electron chi connectivity index (χ3n) is 1.57. The Morgan fingerprint density at radius 3 is 2.29 bits per heavy atom. The highest BCUT2D eigenvalue weighted by molar-refractivity contribution is 5.86. The Morgan fingerprint density at radius 2 is 2.06 bits per heavy atom. The number of hydrogen-bond donors (Lipinski definition) is 1. The van der Waals surface area contributed by atoms with Gasteiger partial charge in [0.15, 0.2) is 6.29 Å². The first-order valence-corrected chi connectivity index (χ1v) is 5.04. The van der Waals surface area contributed by atoms with Gasteiger partial charge in [-0.05, 0) is 31.5 Å². The van der Waals surface area contributed by atoms with Crippen LogP contribution in [0.15, 0.2) is 43.3 Å². The van der Waals surface area contributed by atoms with Gasteiger partial charge in [0.05, 0.1) is 0 Å². The molecule has 0 aliphatic carbocycles. The Hall–Kier alpha value is -1.94. The van der Waals surface area contributed by atoms with Gasteiger partial charge in [-0.15, -0.1) is 0 Å². The summed E-state index contributed by atoms with van der Waals surface area (Å²) in [5.74, 6) is -0.565. The fourth-order valence-corrected chi connectivity index (χ4v) is 0.755. The van der Waals surface area contributed by atoms with E-state index in [0.29, 0.717) is 0 Å². The largest absolute Gasteiger partial charge is 0.433 e. The molecule has 17 heavy (non-hydrogen) atoms. The smallest absolute Gasteiger partial charge is 0.335 e. The molecule has 1 N–H and O–H groups in total. The summed E-state index contributed by atoms with van der Waals surface area (Å²) in [5.41, 5.74) is 1.40. The second-order valence-corrected chi connectivity index (χ2v) is 3.27. The monoisotopic (exact) mass is 235 g/mol. The molecule has 92 valence electrons.